The van der Waals surface area contributed by atoms with Gasteiger partial charge in [0.2, 0.25) is 0 Å². The summed E-state index contributed by atoms with van der Waals surface area (Å²) in [6.45, 7) is 2.98. The van der Waals surface area contributed by atoms with Crippen molar-refractivity contribution >= 4 is 0 Å². The predicted octanol–water partition coefficient (Wildman–Crippen LogP) is 2.15. The topological polar surface area (TPSA) is 23.5 Å². The molecule has 16 heavy (non-hydrogen) atoms. The highest BCUT2D eigenvalue weighted by molar-refractivity contribution is 5.31. The number of nitrogens with zero attached hydrogens (tertiary/aromatic N) is 1. The van der Waals surface area contributed by atoms with Crippen molar-refractivity contribution in [3.05, 3.63) is 11.7 Å². The van der Waals surface area contributed by atoms with Crippen LogP contribution in [0.25, 0.3) is 0 Å². The highest BCUT2D eigenvalue weighted by Gasteiger charge is 2.69. The maximum Gasteiger partial charge on any atom is 0.270 e. The maximum atomic E-state index is 12.7. The molecule has 0 radical (unpaired) electrons. The van der Waals surface area contributed by atoms with E-state index in [2.05, 4.69) is 4.90 Å². The Hall–Kier alpha value is -0.480. The highest BCUT2D eigenvalue weighted by atomic mass is 19.3. The lowest BCUT2D eigenvalue weighted by molar-refractivity contribution is -0.00596. The van der Waals surface area contributed by atoms with Gasteiger partial charge in [-0.25, -0.2) is 0 Å². The second-order valence-corrected chi connectivity index (χ2v) is 5.59. The van der Waals surface area contributed by atoms with E-state index < -0.39 is 12.2 Å². The summed E-state index contributed by atoms with van der Waals surface area (Å²) in [5.74, 6) is 0. The molecule has 1 spiro atoms. The van der Waals surface area contributed by atoms with E-state index in [9.17, 15) is 13.9 Å². The van der Waals surface area contributed by atoms with Crippen LogP contribution >= 0.6 is 0 Å². The summed E-state index contributed by atoms with van der Waals surface area (Å²) >= 11 is 0. The van der Waals surface area contributed by atoms with Crippen molar-refractivity contribution in [1.29, 1.82) is 0 Å². The SMILES string of the molecule is CC(O)[C@]12CC(=C(F)F)CN1CCC21CC1. The van der Waals surface area contributed by atoms with Crippen LogP contribution in [-0.2, 0) is 0 Å². The van der Waals surface area contributed by atoms with Gasteiger partial charge in [-0.15, -0.1) is 0 Å². The normalized spacial score (nSPS) is 37.9. The lowest BCUT2D eigenvalue weighted by atomic mass is 9.76. The van der Waals surface area contributed by atoms with Gasteiger partial charge in [-0.3, -0.25) is 4.90 Å². The first-order valence-corrected chi connectivity index (χ1v) is 5.98. The number of hydrogen-bond donors (Lipinski definition) is 1. The van der Waals surface area contributed by atoms with Crippen molar-refractivity contribution in [1.82, 2.24) is 4.90 Å². The molecule has 2 saturated heterocycles. The standard InChI is InChI=1S/C12H17F2NO/c1-8(16)12-6-9(10(13)14)7-15(12)5-4-11(12)2-3-11/h8,16H,2-7H2,1H3/t8?,12-/m0/s1. The minimum Gasteiger partial charge on any atom is -0.391 e. The number of fused-ring (bicyclic) bond motifs is 2. The summed E-state index contributed by atoms with van der Waals surface area (Å²) in [7, 11) is 0. The monoisotopic (exact) mass is 229 g/mol. The fraction of sp³-hybridized carbons (Fsp3) is 0.833. The Labute approximate surface area is 93.9 Å². The number of halogens is 2. The minimum atomic E-state index is -1.54. The van der Waals surface area contributed by atoms with E-state index in [1.165, 1.54) is 0 Å². The van der Waals surface area contributed by atoms with Crippen molar-refractivity contribution in [3.63, 3.8) is 0 Å². The molecule has 0 bridgehead atoms. The first kappa shape index (κ1) is 10.7. The quantitative estimate of drug-likeness (QED) is 0.744. The zero-order chi connectivity index (χ0) is 11.6. The molecule has 0 aromatic carbocycles. The van der Waals surface area contributed by atoms with E-state index in [0.29, 0.717) is 13.0 Å². The van der Waals surface area contributed by atoms with Gasteiger partial charge in [0.25, 0.3) is 6.08 Å². The third-order valence-electron chi connectivity index (χ3n) is 5.02. The molecule has 90 valence electrons. The smallest absolute Gasteiger partial charge is 0.270 e. The molecule has 2 atom stereocenters. The van der Waals surface area contributed by atoms with Crippen LogP contribution in [0.15, 0.2) is 11.7 Å². The Balaban J connectivity index is 2.03. The lowest BCUT2D eigenvalue weighted by Crippen LogP contribution is -2.52. The van der Waals surface area contributed by atoms with Gasteiger partial charge in [-0.05, 0) is 44.6 Å². The Morgan fingerprint density at radius 3 is 2.56 bits per heavy atom. The first-order valence-electron chi connectivity index (χ1n) is 5.98. The van der Waals surface area contributed by atoms with Gasteiger partial charge in [0.1, 0.15) is 0 Å². The van der Waals surface area contributed by atoms with Gasteiger partial charge in [0.05, 0.1) is 11.6 Å². The van der Waals surface area contributed by atoms with Gasteiger partial charge < -0.3 is 5.11 Å². The third kappa shape index (κ3) is 1.07. The number of aliphatic hydroxyl groups is 1. The van der Waals surface area contributed by atoms with E-state index in [1.807, 2.05) is 0 Å². The molecule has 2 heterocycles. The van der Waals surface area contributed by atoms with E-state index in [1.54, 1.807) is 6.92 Å². The molecule has 3 rings (SSSR count). The Morgan fingerprint density at radius 2 is 2.06 bits per heavy atom. The van der Waals surface area contributed by atoms with E-state index in [-0.39, 0.29) is 16.5 Å². The fourth-order valence-corrected chi connectivity index (χ4v) is 4.05. The first-order chi connectivity index (χ1) is 7.52. The molecule has 3 aliphatic rings. The third-order valence-corrected chi connectivity index (χ3v) is 5.02. The maximum absolute atomic E-state index is 12.7. The zero-order valence-corrected chi connectivity index (χ0v) is 9.47. The molecular weight excluding hydrogens is 212 g/mol. The highest BCUT2D eigenvalue weighted by Crippen LogP contribution is 2.67. The summed E-state index contributed by atoms with van der Waals surface area (Å²) in [4.78, 5) is 2.10. The molecule has 3 fully saturated rings. The molecular formula is C12H17F2NO. The van der Waals surface area contributed by atoms with Crippen molar-refractivity contribution in [2.24, 2.45) is 5.41 Å². The van der Waals surface area contributed by atoms with E-state index >= 15 is 0 Å². The van der Waals surface area contributed by atoms with Crippen LogP contribution in [0.4, 0.5) is 8.78 Å². The summed E-state index contributed by atoms with van der Waals surface area (Å²) in [6, 6.07) is 0. The molecule has 2 aliphatic heterocycles. The van der Waals surface area contributed by atoms with Crippen LogP contribution in [0.3, 0.4) is 0 Å². The van der Waals surface area contributed by atoms with E-state index in [4.69, 9.17) is 0 Å². The number of aliphatic hydroxyl groups excluding tert-OH is 1. The molecule has 0 amide bonds. The van der Waals surface area contributed by atoms with Gasteiger partial charge in [0.15, 0.2) is 0 Å². The number of rotatable bonds is 1. The van der Waals surface area contributed by atoms with Crippen molar-refractivity contribution < 1.29 is 13.9 Å². The summed E-state index contributed by atoms with van der Waals surface area (Å²) in [5, 5.41) is 10.1. The predicted molar refractivity (Wildman–Crippen MR) is 56.1 cm³/mol. The fourth-order valence-electron chi connectivity index (χ4n) is 4.05. The van der Waals surface area contributed by atoms with Gasteiger partial charge >= 0.3 is 0 Å². The minimum absolute atomic E-state index is 0.137. The van der Waals surface area contributed by atoms with E-state index in [0.717, 1.165) is 25.8 Å². The molecule has 1 aliphatic carbocycles. The Kier molecular flexibility index (Phi) is 2.03. The lowest BCUT2D eigenvalue weighted by Gasteiger charge is -2.40. The summed E-state index contributed by atoms with van der Waals surface area (Å²) < 4.78 is 25.4. The molecule has 4 heteroatoms. The molecule has 1 unspecified atom stereocenters. The summed E-state index contributed by atoms with van der Waals surface area (Å²) in [6.07, 6.45) is 1.57. The second kappa shape index (κ2) is 3.05. The van der Waals surface area contributed by atoms with Crippen LogP contribution in [0.1, 0.15) is 32.6 Å². The molecule has 0 aromatic heterocycles. The zero-order valence-electron chi connectivity index (χ0n) is 9.47. The van der Waals surface area contributed by atoms with Crippen molar-refractivity contribution in [2.45, 2.75) is 44.2 Å². The largest absolute Gasteiger partial charge is 0.391 e. The van der Waals surface area contributed by atoms with Crippen LogP contribution in [0.5, 0.6) is 0 Å². The van der Waals surface area contributed by atoms with Crippen molar-refractivity contribution in [2.75, 3.05) is 13.1 Å². The van der Waals surface area contributed by atoms with Crippen LogP contribution < -0.4 is 0 Å². The molecule has 0 aromatic rings. The van der Waals surface area contributed by atoms with Crippen LogP contribution in [0.2, 0.25) is 0 Å². The Bertz CT molecular complexity index is 358. The molecule has 2 nitrogen and oxygen atoms in total. The number of hydrogen-bond acceptors (Lipinski definition) is 2. The van der Waals surface area contributed by atoms with Crippen LogP contribution in [-0.4, -0.2) is 34.7 Å². The molecule has 1 saturated carbocycles. The second-order valence-electron chi connectivity index (χ2n) is 5.59. The van der Waals surface area contributed by atoms with Crippen LogP contribution in [0, 0.1) is 5.41 Å². The average molecular weight is 229 g/mol. The van der Waals surface area contributed by atoms with Gasteiger partial charge in [0, 0.05) is 12.1 Å². The van der Waals surface area contributed by atoms with Gasteiger partial charge in [-0.1, -0.05) is 0 Å². The van der Waals surface area contributed by atoms with Gasteiger partial charge in [-0.2, -0.15) is 8.78 Å². The average Bonchev–Trinajstić information content (AvgIpc) is 2.77. The molecule has 1 N–H and O–H groups in total. The summed E-state index contributed by atoms with van der Waals surface area (Å²) in [5.41, 5.74) is -0.00343. The van der Waals surface area contributed by atoms with Crippen molar-refractivity contribution in [3.8, 4) is 0 Å². The Morgan fingerprint density at radius 1 is 1.38 bits per heavy atom.